The first-order valence-electron chi connectivity index (χ1n) is 9.90. The molecule has 0 atom stereocenters. The van der Waals surface area contributed by atoms with Gasteiger partial charge in [-0.15, -0.1) is 0 Å². The molecule has 1 amide bonds. The molecular formula is C23H23N3O4S. The smallest absolute Gasteiger partial charge is 0.245 e. The third-order valence-corrected chi connectivity index (χ3v) is 7.07. The van der Waals surface area contributed by atoms with Gasteiger partial charge in [0.2, 0.25) is 15.9 Å². The first kappa shape index (κ1) is 21.0. The van der Waals surface area contributed by atoms with E-state index >= 15 is 0 Å². The second kappa shape index (κ2) is 8.87. The molecule has 2 aromatic carbocycles. The summed E-state index contributed by atoms with van der Waals surface area (Å²) in [4.78, 5) is 18.8. The van der Waals surface area contributed by atoms with Crippen LogP contribution in [0.2, 0.25) is 0 Å². The lowest BCUT2D eigenvalue weighted by atomic mass is 10.2. The van der Waals surface area contributed by atoms with Crippen LogP contribution in [0.25, 0.3) is 0 Å². The number of amides is 1. The molecule has 0 radical (unpaired) electrons. The number of aromatic nitrogens is 1. The number of para-hydroxylation sites is 1. The number of carbonyl (C=O) groups excluding carboxylic acids is 1. The molecule has 31 heavy (non-hydrogen) atoms. The second-order valence-corrected chi connectivity index (χ2v) is 9.17. The minimum absolute atomic E-state index is 0.0538. The van der Waals surface area contributed by atoms with Crippen molar-refractivity contribution >= 4 is 21.6 Å². The van der Waals surface area contributed by atoms with Gasteiger partial charge in [-0.1, -0.05) is 30.3 Å². The standard InChI is InChI=1S/C23H23N3O4S/c1-30-20-10-8-18(9-11-20)16-25(31(28,29)21-6-4-13-24-15-21)17-23(27)26-14-12-19-5-2-3-7-22(19)26/h2-11,13,15H,12,14,16-17H2,1H3. The molecule has 0 bridgehead atoms. The van der Waals surface area contributed by atoms with E-state index in [1.165, 1.54) is 22.8 Å². The van der Waals surface area contributed by atoms with Crippen LogP contribution in [0.4, 0.5) is 5.69 Å². The molecule has 0 spiro atoms. The summed E-state index contributed by atoms with van der Waals surface area (Å²) < 4.78 is 33.1. The van der Waals surface area contributed by atoms with Crippen molar-refractivity contribution in [2.24, 2.45) is 0 Å². The topological polar surface area (TPSA) is 79.8 Å². The Morgan fingerprint density at radius 2 is 1.87 bits per heavy atom. The van der Waals surface area contributed by atoms with Gasteiger partial charge in [-0.25, -0.2) is 8.42 Å². The van der Waals surface area contributed by atoms with Crippen LogP contribution >= 0.6 is 0 Å². The van der Waals surface area contributed by atoms with Crippen molar-refractivity contribution in [3.05, 3.63) is 84.2 Å². The summed E-state index contributed by atoms with van der Waals surface area (Å²) >= 11 is 0. The first-order valence-corrected chi connectivity index (χ1v) is 11.3. The van der Waals surface area contributed by atoms with Gasteiger partial charge in [0, 0.05) is 31.2 Å². The fourth-order valence-electron chi connectivity index (χ4n) is 3.64. The van der Waals surface area contributed by atoms with E-state index in [2.05, 4.69) is 4.98 Å². The van der Waals surface area contributed by atoms with Crippen LogP contribution in [0.1, 0.15) is 11.1 Å². The molecule has 2 heterocycles. The number of rotatable bonds is 7. The fourth-order valence-corrected chi connectivity index (χ4v) is 4.98. The van der Waals surface area contributed by atoms with Crippen LogP contribution in [0.5, 0.6) is 5.75 Å². The zero-order valence-corrected chi connectivity index (χ0v) is 18.0. The molecule has 7 nitrogen and oxygen atoms in total. The summed E-state index contributed by atoms with van der Waals surface area (Å²) in [6.45, 7) is 0.335. The molecule has 3 aromatic rings. The number of ether oxygens (including phenoxy) is 1. The van der Waals surface area contributed by atoms with Gasteiger partial charge in [0.1, 0.15) is 10.6 Å². The van der Waals surface area contributed by atoms with Crippen LogP contribution in [-0.2, 0) is 27.8 Å². The molecule has 1 aromatic heterocycles. The van der Waals surface area contributed by atoms with Gasteiger partial charge in [0.05, 0.1) is 13.7 Å². The summed E-state index contributed by atoms with van der Waals surface area (Å²) in [5.74, 6) is 0.418. The third-order valence-electron chi connectivity index (χ3n) is 5.29. The van der Waals surface area contributed by atoms with Gasteiger partial charge in [-0.05, 0) is 47.9 Å². The van der Waals surface area contributed by atoms with E-state index in [1.807, 2.05) is 24.3 Å². The van der Waals surface area contributed by atoms with Crippen molar-refractivity contribution < 1.29 is 17.9 Å². The summed E-state index contributed by atoms with van der Waals surface area (Å²) in [5.41, 5.74) is 2.69. The molecule has 0 saturated carbocycles. The Morgan fingerprint density at radius 1 is 1.10 bits per heavy atom. The summed E-state index contributed by atoms with van der Waals surface area (Å²) in [6, 6.07) is 17.9. The van der Waals surface area contributed by atoms with Crippen molar-refractivity contribution in [2.45, 2.75) is 17.9 Å². The predicted molar refractivity (Wildman–Crippen MR) is 117 cm³/mol. The Kier molecular flexibility index (Phi) is 6.01. The number of carbonyl (C=O) groups is 1. The summed E-state index contributed by atoms with van der Waals surface area (Å²) in [7, 11) is -2.35. The lowest BCUT2D eigenvalue weighted by Gasteiger charge is -2.25. The number of sulfonamides is 1. The Bertz CT molecular complexity index is 1160. The van der Waals surface area contributed by atoms with Crippen molar-refractivity contribution in [3.63, 3.8) is 0 Å². The maximum atomic E-state index is 13.3. The number of anilines is 1. The first-order chi connectivity index (χ1) is 15.0. The molecule has 4 rings (SSSR count). The maximum absolute atomic E-state index is 13.3. The van der Waals surface area contributed by atoms with E-state index in [9.17, 15) is 13.2 Å². The number of hydrogen-bond donors (Lipinski definition) is 0. The van der Waals surface area contributed by atoms with Crippen molar-refractivity contribution in [2.75, 3.05) is 25.1 Å². The van der Waals surface area contributed by atoms with Gasteiger partial charge in [0.25, 0.3) is 0 Å². The van der Waals surface area contributed by atoms with Crippen molar-refractivity contribution in [1.29, 1.82) is 0 Å². The molecule has 0 saturated heterocycles. The third kappa shape index (κ3) is 4.45. The number of methoxy groups -OCH3 is 1. The number of nitrogens with zero attached hydrogens (tertiary/aromatic N) is 3. The van der Waals surface area contributed by atoms with E-state index in [-0.39, 0.29) is 23.9 Å². The molecule has 0 fully saturated rings. The Labute approximate surface area is 182 Å². The van der Waals surface area contributed by atoms with Gasteiger partial charge in [-0.2, -0.15) is 4.31 Å². The van der Waals surface area contributed by atoms with Crippen LogP contribution < -0.4 is 9.64 Å². The van der Waals surface area contributed by atoms with Gasteiger partial charge in [0.15, 0.2) is 0 Å². The number of fused-ring (bicyclic) bond motifs is 1. The minimum atomic E-state index is -3.92. The quantitative estimate of drug-likeness (QED) is 0.568. The largest absolute Gasteiger partial charge is 0.497 e. The number of benzene rings is 2. The highest BCUT2D eigenvalue weighted by Crippen LogP contribution is 2.28. The molecule has 0 N–H and O–H groups in total. The molecule has 1 aliphatic rings. The monoisotopic (exact) mass is 437 g/mol. The van der Waals surface area contributed by atoms with E-state index in [0.717, 1.165) is 23.2 Å². The highest BCUT2D eigenvalue weighted by molar-refractivity contribution is 7.89. The fraction of sp³-hybridized carbons (Fsp3) is 0.217. The SMILES string of the molecule is COc1ccc(CN(CC(=O)N2CCc3ccccc32)S(=O)(=O)c2cccnc2)cc1. The minimum Gasteiger partial charge on any atom is -0.497 e. The summed E-state index contributed by atoms with van der Waals surface area (Å²) in [6.07, 6.45) is 3.57. The van der Waals surface area contributed by atoms with Crippen LogP contribution in [0, 0.1) is 0 Å². The van der Waals surface area contributed by atoms with Crippen LogP contribution in [-0.4, -0.2) is 43.8 Å². The second-order valence-electron chi connectivity index (χ2n) is 7.23. The Balaban J connectivity index is 1.63. The van der Waals surface area contributed by atoms with Crippen LogP contribution in [0.3, 0.4) is 0 Å². The van der Waals surface area contributed by atoms with E-state index in [4.69, 9.17) is 4.74 Å². The lowest BCUT2D eigenvalue weighted by Crippen LogP contribution is -2.42. The zero-order valence-electron chi connectivity index (χ0n) is 17.1. The lowest BCUT2D eigenvalue weighted by molar-refractivity contribution is -0.118. The average Bonchev–Trinajstić information content (AvgIpc) is 3.24. The Hall–Kier alpha value is -3.23. The molecule has 160 valence electrons. The Morgan fingerprint density at radius 3 is 2.58 bits per heavy atom. The highest BCUT2D eigenvalue weighted by Gasteiger charge is 2.31. The number of hydrogen-bond acceptors (Lipinski definition) is 5. The molecule has 0 unspecified atom stereocenters. The zero-order chi connectivity index (χ0) is 21.8. The van der Waals surface area contributed by atoms with E-state index < -0.39 is 10.0 Å². The van der Waals surface area contributed by atoms with E-state index in [0.29, 0.717) is 12.3 Å². The molecular weight excluding hydrogens is 414 g/mol. The normalized spacial score (nSPS) is 13.3. The summed E-state index contributed by atoms with van der Waals surface area (Å²) in [5, 5.41) is 0. The molecule has 8 heteroatoms. The van der Waals surface area contributed by atoms with Gasteiger partial charge >= 0.3 is 0 Å². The van der Waals surface area contributed by atoms with Gasteiger partial charge in [-0.3, -0.25) is 9.78 Å². The number of pyridine rings is 1. The van der Waals surface area contributed by atoms with Crippen molar-refractivity contribution in [1.82, 2.24) is 9.29 Å². The maximum Gasteiger partial charge on any atom is 0.245 e. The van der Waals surface area contributed by atoms with E-state index in [1.54, 1.807) is 42.3 Å². The predicted octanol–water partition coefficient (Wildman–Crippen LogP) is 2.87. The molecule has 0 aliphatic carbocycles. The average molecular weight is 438 g/mol. The molecule has 1 aliphatic heterocycles. The van der Waals surface area contributed by atoms with Crippen molar-refractivity contribution in [3.8, 4) is 5.75 Å². The highest BCUT2D eigenvalue weighted by atomic mass is 32.2. The van der Waals surface area contributed by atoms with Crippen LogP contribution in [0.15, 0.2) is 78.0 Å². The van der Waals surface area contributed by atoms with Gasteiger partial charge < -0.3 is 9.64 Å².